The second kappa shape index (κ2) is 4.02. The molecule has 1 aliphatic carbocycles. The van der Waals surface area contributed by atoms with Gasteiger partial charge >= 0.3 is 0 Å². The minimum absolute atomic E-state index is 0.556. The van der Waals surface area contributed by atoms with Gasteiger partial charge in [-0.3, -0.25) is 0 Å². The number of nitrogens with one attached hydrogen (secondary N) is 2. The summed E-state index contributed by atoms with van der Waals surface area (Å²) in [5.41, 5.74) is 2.21. The number of hydrogen-bond acceptors (Lipinski definition) is 4. The Kier molecular flexibility index (Phi) is 2.50. The Bertz CT molecular complexity index is 430. The first-order valence-corrected chi connectivity index (χ1v) is 6.08. The molecule has 0 spiro atoms. The molecule has 0 radical (unpaired) electrons. The molecule has 0 bridgehead atoms. The molecule has 2 N–H and O–H groups in total. The molecular weight excluding hydrogens is 216 g/mol. The summed E-state index contributed by atoms with van der Waals surface area (Å²) in [6.07, 6.45) is 2.70. The van der Waals surface area contributed by atoms with E-state index in [1.807, 2.05) is 12.1 Å². The zero-order chi connectivity index (χ0) is 11.8. The predicted octanol–water partition coefficient (Wildman–Crippen LogP) is 2.32. The van der Waals surface area contributed by atoms with Gasteiger partial charge in [-0.05, 0) is 18.8 Å². The zero-order valence-corrected chi connectivity index (χ0v) is 10.2. The predicted molar refractivity (Wildman–Crippen MR) is 68.2 cm³/mol. The van der Waals surface area contributed by atoms with Crippen LogP contribution in [0.25, 0.3) is 0 Å². The molecule has 1 unspecified atom stereocenters. The van der Waals surface area contributed by atoms with Crippen molar-refractivity contribution in [2.45, 2.75) is 18.9 Å². The fourth-order valence-corrected chi connectivity index (χ4v) is 2.40. The first-order chi connectivity index (χ1) is 8.31. The molecule has 1 fully saturated rings. The van der Waals surface area contributed by atoms with E-state index >= 15 is 0 Å². The lowest BCUT2D eigenvalue weighted by molar-refractivity contribution is 0.355. The largest absolute Gasteiger partial charge is 0.493 e. The molecule has 1 aromatic carbocycles. The van der Waals surface area contributed by atoms with Crippen LogP contribution in [0.4, 0.5) is 11.4 Å². The molecule has 1 aromatic rings. The van der Waals surface area contributed by atoms with Gasteiger partial charge in [0.2, 0.25) is 0 Å². The Hall–Kier alpha value is -1.58. The Balaban J connectivity index is 1.90. The third kappa shape index (κ3) is 1.88. The van der Waals surface area contributed by atoms with Gasteiger partial charge in [0.25, 0.3) is 0 Å². The number of fused-ring (bicyclic) bond motifs is 1. The van der Waals surface area contributed by atoms with Gasteiger partial charge in [0.1, 0.15) is 0 Å². The monoisotopic (exact) mass is 234 g/mol. The van der Waals surface area contributed by atoms with Crippen LogP contribution in [0.5, 0.6) is 11.5 Å². The quantitative estimate of drug-likeness (QED) is 0.842. The SMILES string of the molecule is COc1cc2c(cc1OC)NC(C1CC1)CN2. The number of rotatable bonds is 3. The van der Waals surface area contributed by atoms with E-state index in [0.717, 1.165) is 35.3 Å². The molecule has 1 aliphatic heterocycles. The van der Waals surface area contributed by atoms with E-state index in [4.69, 9.17) is 9.47 Å². The van der Waals surface area contributed by atoms with Crippen molar-refractivity contribution >= 4 is 11.4 Å². The summed E-state index contributed by atoms with van der Waals surface area (Å²) in [6, 6.07) is 4.56. The molecular formula is C13H18N2O2. The number of methoxy groups -OCH3 is 2. The fraction of sp³-hybridized carbons (Fsp3) is 0.538. The average Bonchev–Trinajstić information content (AvgIpc) is 3.20. The van der Waals surface area contributed by atoms with E-state index in [9.17, 15) is 0 Å². The van der Waals surface area contributed by atoms with Crippen LogP contribution in [0, 0.1) is 5.92 Å². The second-order valence-electron chi connectivity index (χ2n) is 4.72. The molecule has 4 heteroatoms. The minimum Gasteiger partial charge on any atom is -0.493 e. The van der Waals surface area contributed by atoms with Crippen molar-refractivity contribution in [3.05, 3.63) is 12.1 Å². The maximum Gasteiger partial charge on any atom is 0.162 e. The van der Waals surface area contributed by atoms with Gasteiger partial charge < -0.3 is 20.1 Å². The molecule has 0 amide bonds. The van der Waals surface area contributed by atoms with Crippen LogP contribution in [0.1, 0.15) is 12.8 Å². The standard InChI is InChI=1S/C13H18N2O2/c1-16-12-5-9-10(6-13(12)17-2)15-11(7-14-9)8-3-4-8/h5-6,8,11,14-15H,3-4,7H2,1-2H3. The third-order valence-corrected chi connectivity index (χ3v) is 3.57. The van der Waals surface area contributed by atoms with Crippen LogP contribution in [-0.2, 0) is 0 Å². The van der Waals surface area contributed by atoms with Crippen LogP contribution in [0.15, 0.2) is 12.1 Å². The van der Waals surface area contributed by atoms with Crippen molar-refractivity contribution < 1.29 is 9.47 Å². The van der Waals surface area contributed by atoms with Crippen LogP contribution < -0.4 is 20.1 Å². The number of hydrogen-bond donors (Lipinski definition) is 2. The number of ether oxygens (including phenoxy) is 2. The number of benzene rings is 1. The van der Waals surface area contributed by atoms with Gasteiger partial charge in [0, 0.05) is 24.7 Å². The lowest BCUT2D eigenvalue weighted by Crippen LogP contribution is -2.34. The lowest BCUT2D eigenvalue weighted by atomic mass is 10.1. The van der Waals surface area contributed by atoms with E-state index in [1.54, 1.807) is 14.2 Å². The van der Waals surface area contributed by atoms with Crippen molar-refractivity contribution in [1.82, 2.24) is 0 Å². The van der Waals surface area contributed by atoms with E-state index in [1.165, 1.54) is 12.8 Å². The molecule has 92 valence electrons. The van der Waals surface area contributed by atoms with Gasteiger partial charge in [-0.25, -0.2) is 0 Å². The van der Waals surface area contributed by atoms with E-state index in [0.29, 0.717) is 6.04 Å². The summed E-state index contributed by atoms with van der Waals surface area (Å²) >= 11 is 0. The Labute approximate surface area is 101 Å². The summed E-state index contributed by atoms with van der Waals surface area (Å²) in [5.74, 6) is 2.38. The summed E-state index contributed by atoms with van der Waals surface area (Å²) in [6.45, 7) is 0.993. The van der Waals surface area contributed by atoms with Crippen LogP contribution in [0.2, 0.25) is 0 Å². The van der Waals surface area contributed by atoms with Crippen LogP contribution in [-0.4, -0.2) is 26.8 Å². The maximum absolute atomic E-state index is 5.32. The highest BCUT2D eigenvalue weighted by molar-refractivity contribution is 5.76. The average molecular weight is 234 g/mol. The third-order valence-electron chi connectivity index (χ3n) is 3.57. The van der Waals surface area contributed by atoms with Gasteiger partial charge in [0.05, 0.1) is 25.6 Å². The molecule has 3 rings (SSSR count). The first-order valence-electron chi connectivity index (χ1n) is 6.08. The topological polar surface area (TPSA) is 42.5 Å². The maximum atomic E-state index is 5.32. The van der Waals surface area contributed by atoms with E-state index in [-0.39, 0.29) is 0 Å². The van der Waals surface area contributed by atoms with Crippen LogP contribution in [0.3, 0.4) is 0 Å². The molecule has 1 heterocycles. The Morgan fingerprint density at radius 2 is 1.71 bits per heavy atom. The van der Waals surface area contributed by atoms with Gasteiger partial charge in [0.15, 0.2) is 11.5 Å². The highest BCUT2D eigenvalue weighted by atomic mass is 16.5. The number of anilines is 2. The smallest absolute Gasteiger partial charge is 0.162 e. The van der Waals surface area contributed by atoms with Crippen molar-refractivity contribution in [3.63, 3.8) is 0 Å². The van der Waals surface area contributed by atoms with Gasteiger partial charge in [-0.15, -0.1) is 0 Å². The lowest BCUT2D eigenvalue weighted by Gasteiger charge is -2.29. The molecule has 0 aromatic heterocycles. The van der Waals surface area contributed by atoms with Gasteiger partial charge in [-0.1, -0.05) is 0 Å². The molecule has 4 nitrogen and oxygen atoms in total. The molecule has 17 heavy (non-hydrogen) atoms. The Morgan fingerprint density at radius 3 is 2.29 bits per heavy atom. The van der Waals surface area contributed by atoms with Gasteiger partial charge in [-0.2, -0.15) is 0 Å². The van der Waals surface area contributed by atoms with Crippen molar-refractivity contribution in [2.24, 2.45) is 5.92 Å². The minimum atomic E-state index is 0.556. The molecule has 1 atom stereocenters. The van der Waals surface area contributed by atoms with E-state index < -0.39 is 0 Å². The summed E-state index contributed by atoms with van der Waals surface area (Å²) < 4.78 is 10.6. The highest BCUT2D eigenvalue weighted by Crippen LogP contribution is 2.42. The molecule has 1 saturated carbocycles. The second-order valence-corrected chi connectivity index (χ2v) is 4.72. The van der Waals surface area contributed by atoms with Crippen molar-refractivity contribution in [3.8, 4) is 11.5 Å². The zero-order valence-electron chi connectivity index (χ0n) is 10.2. The summed E-state index contributed by atoms with van der Waals surface area (Å²) in [4.78, 5) is 0. The fourth-order valence-electron chi connectivity index (χ4n) is 2.40. The van der Waals surface area contributed by atoms with Crippen molar-refractivity contribution in [2.75, 3.05) is 31.4 Å². The summed E-state index contributed by atoms with van der Waals surface area (Å²) in [5, 5.41) is 7.05. The molecule has 0 saturated heterocycles. The highest BCUT2D eigenvalue weighted by Gasteiger charge is 2.33. The van der Waals surface area contributed by atoms with Crippen LogP contribution >= 0.6 is 0 Å². The van der Waals surface area contributed by atoms with E-state index in [2.05, 4.69) is 10.6 Å². The van der Waals surface area contributed by atoms with Crippen molar-refractivity contribution in [1.29, 1.82) is 0 Å². The summed E-state index contributed by atoms with van der Waals surface area (Å²) in [7, 11) is 3.33. The Morgan fingerprint density at radius 1 is 1.06 bits per heavy atom. The first kappa shape index (κ1) is 10.6. The normalized spacial score (nSPS) is 22.1. The molecule has 2 aliphatic rings.